The fourth-order valence-electron chi connectivity index (χ4n) is 6.51. The van der Waals surface area contributed by atoms with Crippen LogP contribution in [0.3, 0.4) is 0 Å². The van der Waals surface area contributed by atoms with Gasteiger partial charge in [-0.1, -0.05) is 90.1 Å². The van der Waals surface area contributed by atoms with Gasteiger partial charge in [-0.3, -0.25) is 0 Å². The summed E-state index contributed by atoms with van der Waals surface area (Å²) < 4.78 is 78.7. The van der Waals surface area contributed by atoms with Gasteiger partial charge >= 0.3 is 194 Å². The van der Waals surface area contributed by atoms with Crippen molar-refractivity contribution >= 4 is 29.3 Å². The quantitative estimate of drug-likeness (QED) is 0.105. The minimum atomic E-state index is -4.48. The van der Waals surface area contributed by atoms with E-state index in [4.69, 9.17) is 0 Å². The first-order valence-electron chi connectivity index (χ1n) is 18.5. The van der Waals surface area contributed by atoms with Crippen molar-refractivity contribution in [1.29, 1.82) is 0 Å². The Morgan fingerprint density at radius 1 is 0.579 bits per heavy atom. The zero-order chi connectivity index (χ0) is 42.8. The Balaban J connectivity index is 0.000000261. The first-order chi connectivity index (χ1) is 26.2. The van der Waals surface area contributed by atoms with Gasteiger partial charge in [0.15, 0.2) is 0 Å². The van der Waals surface area contributed by atoms with Crippen molar-refractivity contribution in [2.24, 2.45) is 0 Å². The molecule has 1 heterocycles. The fourth-order valence-corrected chi connectivity index (χ4v) is 7.68. The Morgan fingerprint density at radius 3 is 1.28 bits per heavy atom. The molecule has 15 heteroatoms. The average molecular weight is 975 g/mol. The number of hydrogen-bond acceptors (Lipinski definition) is 6. The van der Waals surface area contributed by atoms with E-state index in [1.165, 1.54) is 29.3 Å². The molecule has 2 unspecified atom stereocenters. The summed E-state index contributed by atoms with van der Waals surface area (Å²) in [5.41, 5.74) is 3.75. The number of rotatable bonds is 8. The second kappa shape index (κ2) is 17.8. The van der Waals surface area contributed by atoms with E-state index in [2.05, 4.69) is 71.9 Å². The molecule has 1 fully saturated rings. The number of hydrogen-bond donors (Lipinski definition) is 2. The maximum atomic E-state index is 13.0. The van der Waals surface area contributed by atoms with Gasteiger partial charge in [-0.05, 0) is 33.1 Å². The summed E-state index contributed by atoms with van der Waals surface area (Å²) in [6.45, 7) is 12.3. The van der Waals surface area contributed by atoms with Crippen molar-refractivity contribution in [3.8, 4) is 0 Å². The molecule has 0 aliphatic carbocycles. The van der Waals surface area contributed by atoms with Gasteiger partial charge in [0.05, 0.1) is 12.2 Å². The van der Waals surface area contributed by atoms with Crippen LogP contribution in [-0.4, -0.2) is 65.9 Å². The molecule has 57 heavy (non-hydrogen) atoms. The molecule has 5 rings (SSSR count). The van der Waals surface area contributed by atoms with E-state index in [0.717, 1.165) is 35.4 Å². The number of nitrogens with zero attached hydrogens (tertiary/aromatic N) is 4. The molecule has 0 bridgehead atoms. The van der Waals surface area contributed by atoms with Crippen LogP contribution >= 0.6 is 0 Å². The second-order valence-electron chi connectivity index (χ2n) is 16.8. The van der Waals surface area contributed by atoms with Crippen LogP contribution in [0.1, 0.15) is 93.6 Å². The van der Waals surface area contributed by atoms with E-state index in [1.807, 2.05) is 91.1 Å². The normalized spacial score (nSPS) is 15.4. The molecule has 1 aliphatic heterocycles. The summed E-state index contributed by atoms with van der Waals surface area (Å²) in [5, 5.41) is 20.9. The zero-order valence-corrected chi connectivity index (χ0v) is 36.2. The van der Waals surface area contributed by atoms with Crippen LogP contribution < -0.4 is 9.62 Å². The van der Waals surface area contributed by atoms with Crippen LogP contribution in [0.25, 0.3) is 0 Å². The summed E-state index contributed by atoms with van der Waals surface area (Å²) >= 11 is 2.04. The van der Waals surface area contributed by atoms with Crippen molar-refractivity contribution in [3.05, 3.63) is 130 Å². The molecular weight excluding hydrogens is 923 g/mol. The molecular formula is C42H51B2F6N4O2Pt-. The number of aliphatic hydroxyl groups excluding tert-OH is 2. The standard InChI is InChI=1S/C23H32O2.C19H19B2F6N4.Pt/c1-22(2,3)18-11-7-16(8-12-18)20(24)15-21(25)17-9-13-19(14-10-17)23(4,5)6;1-28(2)20-21(29(3)4)31(17-11-7-15(8-12-17)19(25,26)27)13-30(20)16-9-5-14(6-10-16)18(22,23)24;/h7-14,20-21,24-25H,15H2,1-6H3;5-11H,1-4H3;/q;-1;. The molecule has 310 valence electrons. The SMILES string of the molecule is CC(C)(C)c1ccc(C(O)CC(O)c2ccc(C(C)(C)C)cc2)cc1.CN(C)B1B(N(C)C)N(c2ccc(C(F)(F)F)cc2)[C](=[Pt])N1c1[c-]cc(C(F)(F)F)cc1. The van der Waals surface area contributed by atoms with Gasteiger partial charge in [0.25, 0.3) is 0 Å². The molecule has 2 N–H and O–H groups in total. The predicted molar refractivity (Wildman–Crippen MR) is 215 cm³/mol. The fraction of sp³-hybridized carbons (Fsp3) is 0.405. The first kappa shape index (κ1) is 46.3. The Hall–Kier alpha value is -3.41. The van der Waals surface area contributed by atoms with Crippen molar-refractivity contribution in [2.75, 3.05) is 37.8 Å². The van der Waals surface area contributed by atoms with Crippen molar-refractivity contribution < 1.29 is 55.9 Å². The number of benzene rings is 4. The van der Waals surface area contributed by atoms with E-state index in [-0.39, 0.29) is 24.6 Å². The van der Waals surface area contributed by atoms with Crippen LogP contribution in [0.5, 0.6) is 0 Å². The Bertz CT molecular complexity index is 1790. The Kier molecular flexibility index (Phi) is 14.5. The first-order valence-corrected chi connectivity index (χ1v) is 19.6. The average Bonchev–Trinajstić information content (AvgIpc) is 3.44. The summed E-state index contributed by atoms with van der Waals surface area (Å²) in [7, 11) is 7.34. The van der Waals surface area contributed by atoms with Crippen LogP contribution in [0, 0.1) is 6.07 Å². The van der Waals surface area contributed by atoms with Gasteiger partial charge in [-0.25, -0.2) is 0 Å². The van der Waals surface area contributed by atoms with Crippen molar-refractivity contribution in [2.45, 2.75) is 83.4 Å². The summed E-state index contributed by atoms with van der Waals surface area (Å²) in [6.07, 6.45) is -9.98. The van der Waals surface area contributed by atoms with Gasteiger partial charge in [0.2, 0.25) is 0 Å². The second-order valence-corrected chi connectivity index (χ2v) is 17.8. The minimum absolute atomic E-state index is 0.0950. The van der Waals surface area contributed by atoms with Gasteiger partial charge in [0.1, 0.15) is 0 Å². The topological polar surface area (TPSA) is 53.4 Å². The summed E-state index contributed by atoms with van der Waals surface area (Å²) in [6, 6.07) is 26.9. The van der Waals surface area contributed by atoms with E-state index in [0.29, 0.717) is 21.9 Å². The third-order valence-electron chi connectivity index (χ3n) is 9.85. The zero-order valence-electron chi connectivity index (χ0n) is 33.9. The van der Waals surface area contributed by atoms with Crippen LogP contribution in [0.2, 0.25) is 0 Å². The molecule has 1 aliphatic rings. The molecule has 1 saturated heterocycles. The molecule has 6 nitrogen and oxygen atoms in total. The Labute approximate surface area is 345 Å². The molecule has 2 atom stereocenters. The van der Waals surface area contributed by atoms with Gasteiger partial charge in [-0.2, -0.15) is 0 Å². The molecule has 0 aromatic heterocycles. The van der Waals surface area contributed by atoms with Crippen molar-refractivity contribution in [1.82, 2.24) is 9.62 Å². The van der Waals surface area contributed by atoms with E-state index < -0.39 is 35.7 Å². The van der Waals surface area contributed by atoms with E-state index in [9.17, 15) is 36.6 Å². The van der Waals surface area contributed by atoms with Crippen LogP contribution in [-0.2, 0) is 42.5 Å². The number of aliphatic hydroxyl groups is 2. The van der Waals surface area contributed by atoms with Crippen molar-refractivity contribution in [3.63, 3.8) is 0 Å². The van der Waals surface area contributed by atoms with E-state index >= 15 is 0 Å². The summed E-state index contributed by atoms with van der Waals surface area (Å²) in [5.74, 6) is 0. The third kappa shape index (κ3) is 11.4. The van der Waals surface area contributed by atoms with Gasteiger partial charge < -0.3 is 10.2 Å². The summed E-state index contributed by atoms with van der Waals surface area (Å²) in [4.78, 5) is 7.49. The Morgan fingerprint density at radius 2 is 0.947 bits per heavy atom. The predicted octanol–water partition coefficient (Wildman–Crippen LogP) is 9.10. The van der Waals surface area contributed by atoms with E-state index in [1.54, 1.807) is 0 Å². The molecule has 0 radical (unpaired) electrons. The number of halogens is 6. The number of alkyl halides is 6. The van der Waals surface area contributed by atoms with Crippen LogP contribution in [0.15, 0.2) is 91.0 Å². The molecule has 4 aromatic rings. The molecule has 0 spiro atoms. The molecule has 4 aromatic carbocycles. The number of anilines is 2. The van der Waals surface area contributed by atoms with Crippen LogP contribution in [0.4, 0.5) is 37.7 Å². The molecule has 0 saturated carbocycles. The third-order valence-corrected chi connectivity index (χ3v) is 10.9. The van der Waals surface area contributed by atoms with Gasteiger partial charge in [0, 0.05) is 6.42 Å². The molecule has 0 amide bonds. The monoisotopic (exact) mass is 974 g/mol. The van der Waals surface area contributed by atoms with Gasteiger partial charge in [-0.15, -0.1) is 0 Å². The maximum absolute atomic E-state index is 13.0.